The molecule has 0 bridgehead atoms. The largest absolute Gasteiger partial charge is 0.463 e. The van der Waals surface area contributed by atoms with Crippen molar-refractivity contribution >= 4 is 40.4 Å². The van der Waals surface area contributed by atoms with Crippen LogP contribution in [0.4, 0.5) is 15.5 Å². The van der Waals surface area contributed by atoms with E-state index in [1.165, 1.54) is 12.5 Å². The van der Waals surface area contributed by atoms with E-state index in [9.17, 15) is 9.59 Å². The quantitative estimate of drug-likeness (QED) is 0.479. The van der Waals surface area contributed by atoms with Crippen molar-refractivity contribution < 1.29 is 14.0 Å². The number of hydrogen-bond acceptors (Lipinski definition) is 7. The second-order valence-corrected chi connectivity index (χ2v) is 5.36. The Labute approximate surface area is 145 Å². The van der Waals surface area contributed by atoms with Gasteiger partial charge in [0.2, 0.25) is 0 Å². The number of benzene rings is 1. The summed E-state index contributed by atoms with van der Waals surface area (Å²) in [4.78, 5) is 24.1. The molecule has 25 heavy (non-hydrogen) atoms. The highest BCUT2D eigenvalue weighted by atomic mass is 32.1. The van der Waals surface area contributed by atoms with E-state index in [0.717, 1.165) is 11.5 Å². The molecule has 0 unspecified atom stereocenters. The number of hydrogen-bond donors (Lipinski definition) is 3. The van der Waals surface area contributed by atoms with Crippen LogP contribution in [-0.4, -0.2) is 27.7 Å². The van der Waals surface area contributed by atoms with Gasteiger partial charge < -0.3 is 9.73 Å². The lowest BCUT2D eigenvalue weighted by Gasteiger charge is -2.06. The van der Waals surface area contributed by atoms with Crippen molar-refractivity contribution in [3.63, 3.8) is 0 Å². The minimum atomic E-state index is -0.605. The third kappa shape index (κ3) is 4.48. The lowest BCUT2D eigenvalue weighted by atomic mass is 10.3. The summed E-state index contributed by atoms with van der Waals surface area (Å²) >= 11 is 0.884. The molecule has 3 N–H and O–H groups in total. The van der Waals surface area contributed by atoms with Crippen LogP contribution >= 0.6 is 11.5 Å². The maximum atomic E-state index is 12.1. The molecule has 10 heteroatoms. The van der Waals surface area contributed by atoms with Crippen LogP contribution in [0.15, 0.2) is 58.2 Å². The van der Waals surface area contributed by atoms with Crippen LogP contribution in [0, 0.1) is 0 Å². The van der Waals surface area contributed by atoms with Crippen molar-refractivity contribution in [2.45, 2.75) is 0 Å². The molecule has 0 fully saturated rings. The maximum absolute atomic E-state index is 12.1. The number of nitrogens with zero attached hydrogens (tertiary/aromatic N) is 3. The topological polar surface area (TPSA) is 122 Å². The molecule has 0 aliphatic heterocycles. The fourth-order valence-electron chi connectivity index (χ4n) is 1.78. The van der Waals surface area contributed by atoms with E-state index in [1.54, 1.807) is 36.4 Å². The van der Waals surface area contributed by atoms with Crippen molar-refractivity contribution in [3.05, 3.63) is 60.2 Å². The van der Waals surface area contributed by atoms with Crippen LogP contribution in [0.2, 0.25) is 0 Å². The molecule has 2 heterocycles. The highest BCUT2D eigenvalue weighted by Crippen LogP contribution is 2.18. The van der Waals surface area contributed by atoms with E-state index in [4.69, 9.17) is 4.42 Å². The molecular formula is C15H12N6O3S. The van der Waals surface area contributed by atoms with Crippen molar-refractivity contribution in [2.75, 3.05) is 10.6 Å². The zero-order valence-electron chi connectivity index (χ0n) is 12.7. The summed E-state index contributed by atoms with van der Waals surface area (Å²) < 4.78 is 8.73. The van der Waals surface area contributed by atoms with Crippen molar-refractivity contribution in [2.24, 2.45) is 5.10 Å². The first-order valence-electron chi connectivity index (χ1n) is 7.04. The van der Waals surface area contributed by atoms with Gasteiger partial charge in [-0.15, -0.1) is 5.10 Å². The van der Waals surface area contributed by atoms with Gasteiger partial charge in [0.15, 0.2) is 10.7 Å². The fraction of sp³-hybridized carbons (Fsp3) is 0. The lowest BCUT2D eigenvalue weighted by Crippen LogP contribution is -2.23. The molecule has 0 aliphatic rings. The van der Waals surface area contributed by atoms with Crippen molar-refractivity contribution in [3.8, 4) is 0 Å². The molecule has 126 valence electrons. The first kappa shape index (κ1) is 16.3. The molecule has 0 saturated carbocycles. The third-order valence-electron chi connectivity index (χ3n) is 2.86. The van der Waals surface area contributed by atoms with Crippen LogP contribution < -0.4 is 16.1 Å². The Balaban J connectivity index is 1.59. The average Bonchev–Trinajstić information content (AvgIpc) is 3.27. The van der Waals surface area contributed by atoms with E-state index in [2.05, 4.69) is 30.7 Å². The van der Waals surface area contributed by atoms with Gasteiger partial charge >= 0.3 is 6.03 Å². The molecule has 0 spiro atoms. The molecule has 1 aromatic carbocycles. The summed E-state index contributed by atoms with van der Waals surface area (Å²) in [5.74, 6) is -0.121. The Morgan fingerprint density at radius 1 is 1.12 bits per heavy atom. The first-order valence-corrected chi connectivity index (χ1v) is 7.82. The van der Waals surface area contributed by atoms with Crippen LogP contribution in [0.5, 0.6) is 0 Å². The highest BCUT2D eigenvalue weighted by molar-refractivity contribution is 7.10. The summed E-state index contributed by atoms with van der Waals surface area (Å²) in [6.45, 7) is 0. The minimum absolute atomic E-state index is 0.0372. The van der Waals surface area contributed by atoms with E-state index in [0.29, 0.717) is 11.4 Å². The number of para-hydroxylation sites is 1. The minimum Gasteiger partial charge on any atom is -0.463 e. The number of amides is 3. The van der Waals surface area contributed by atoms with Crippen LogP contribution in [0.3, 0.4) is 0 Å². The molecule has 0 aliphatic carbocycles. The first-order chi connectivity index (χ1) is 12.2. The monoisotopic (exact) mass is 356 g/mol. The van der Waals surface area contributed by atoms with Gasteiger partial charge in [-0.1, -0.05) is 22.7 Å². The Hall–Kier alpha value is -3.53. The van der Waals surface area contributed by atoms with Crippen LogP contribution in [-0.2, 0) is 0 Å². The Morgan fingerprint density at radius 2 is 1.96 bits per heavy atom. The van der Waals surface area contributed by atoms with Gasteiger partial charge in [-0.25, -0.2) is 10.2 Å². The number of hydrazone groups is 1. The number of furan rings is 1. The van der Waals surface area contributed by atoms with Gasteiger partial charge in [0.05, 0.1) is 12.5 Å². The van der Waals surface area contributed by atoms with Gasteiger partial charge in [0, 0.05) is 17.2 Å². The smallest absolute Gasteiger partial charge is 0.324 e. The lowest BCUT2D eigenvalue weighted by molar-refractivity contribution is 0.0951. The molecule has 3 amide bonds. The van der Waals surface area contributed by atoms with E-state index in [-0.39, 0.29) is 10.7 Å². The zero-order valence-corrected chi connectivity index (χ0v) is 13.5. The van der Waals surface area contributed by atoms with Gasteiger partial charge in [-0.05, 0) is 24.3 Å². The number of nitrogens with one attached hydrogen (secondary N) is 3. The fourth-order valence-corrected chi connectivity index (χ4v) is 2.34. The number of anilines is 2. The maximum Gasteiger partial charge on any atom is 0.324 e. The molecule has 2 aromatic heterocycles. The summed E-state index contributed by atoms with van der Waals surface area (Å²) in [6.07, 6.45) is 2.83. The highest BCUT2D eigenvalue weighted by Gasteiger charge is 2.18. The molecule has 0 radical (unpaired) electrons. The van der Waals surface area contributed by atoms with Gasteiger partial charge in [0.1, 0.15) is 5.76 Å². The molecule has 3 aromatic rings. The van der Waals surface area contributed by atoms with E-state index in [1.807, 2.05) is 6.07 Å². The zero-order chi connectivity index (χ0) is 17.5. The SMILES string of the molecule is O=C(Nc1ccccc1)Nc1snnc1C(=O)N/N=C/c1ccco1. The Morgan fingerprint density at radius 3 is 2.72 bits per heavy atom. The summed E-state index contributed by atoms with van der Waals surface area (Å²) in [5, 5.41) is 12.8. The van der Waals surface area contributed by atoms with Crippen LogP contribution in [0.1, 0.15) is 16.2 Å². The van der Waals surface area contributed by atoms with Gasteiger partial charge in [-0.2, -0.15) is 5.10 Å². The Kier molecular flexibility index (Phi) is 5.12. The predicted octanol–water partition coefficient (Wildman–Crippen LogP) is 2.54. The summed E-state index contributed by atoms with van der Waals surface area (Å²) in [7, 11) is 0. The Bertz CT molecular complexity index is 876. The predicted molar refractivity (Wildman–Crippen MR) is 92.8 cm³/mol. The molecule has 0 atom stereocenters. The van der Waals surface area contributed by atoms with Crippen molar-refractivity contribution in [1.29, 1.82) is 0 Å². The molecule has 9 nitrogen and oxygen atoms in total. The number of urea groups is 1. The molecule has 3 rings (SSSR count). The van der Waals surface area contributed by atoms with Crippen molar-refractivity contribution in [1.82, 2.24) is 15.0 Å². The molecular weight excluding hydrogens is 344 g/mol. The number of carbonyl (C=O) groups is 2. The van der Waals surface area contributed by atoms with E-state index < -0.39 is 11.9 Å². The second kappa shape index (κ2) is 7.84. The number of aromatic nitrogens is 2. The summed E-state index contributed by atoms with van der Waals surface area (Å²) in [6, 6.07) is 11.8. The number of carbonyl (C=O) groups excluding carboxylic acids is 2. The second-order valence-electron chi connectivity index (χ2n) is 4.61. The average molecular weight is 356 g/mol. The van der Waals surface area contributed by atoms with Gasteiger partial charge in [0.25, 0.3) is 5.91 Å². The van der Waals surface area contributed by atoms with Gasteiger partial charge in [-0.3, -0.25) is 10.1 Å². The van der Waals surface area contributed by atoms with Crippen LogP contribution in [0.25, 0.3) is 0 Å². The standard InChI is InChI=1S/C15H12N6O3S/c22-13(20-16-9-11-7-4-8-24-11)12-14(25-21-19-12)18-15(23)17-10-5-2-1-3-6-10/h1-9H,(H,20,22)(H2,17,18,23)/b16-9+. The van der Waals surface area contributed by atoms with E-state index >= 15 is 0 Å². The third-order valence-corrected chi connectivity index (χ3v) is 3.50. The number of rotatable bonds is 5. The molecule has 0 saturated heterocycles. The normalized spacial score (nSPS) is 10.6. The summed E-state index contributed by atoms with van der Waals surface area (Å²) in [5.41, 5.74) is 2.87.